The SMILES string of the molecule is CC(C)(C)C1CCNc2conc21. The summed E-state index contributed by atoms with van der Waals surface area (Å²) < 4.78 is 4.98. The Kier molecular flexibility index (Phi) is 1.82. The molecule has 0 radical (unpaired) electrons. The number of hydrogen-bond donors (Lipinski definition) is 1. The van der Waals surface area contributed by atoms with Crippen LogP contribution >= 0.6 is 0 Å². The maximum atomic E-state index is 4.98. The van der Waals surface area contributed by atoms with E-state index in [1.807, 2.05) is 0 Å². The normalized spacial score (nSPS) is 22.2. The Labute approximate surface area is 78.5 Å². The van der Waals surface area contributed by atoms with E-state index in [-0.39, 0.29) is 5.41 Å². The van der Waals surface area contributed by atoms with Gasteiger partial charge >= 0.3 is 0 Å². The molecule has 2 rings (SSSR count). The second-order valence-corrected chi connectivity index (χ2v) is 4.75. The van der Waals surface area contributed by atoms with Crippen LogP contribution in [0.15, 0.2) is 10.8 Å². The second kappa shape index (κ2) is 2.76. The molecule has 1 atom stereocenters. The van der Waals surface area contributed by atoms with Gasteiger partial charge in [0, 0.05) is 12.5 Å². The van der Waals surface area contributed by atoms with E-state index >= 15 is 0 Å². The lowest BCUT2D eigenvalue weighted by Crippen LogP contribution is -2.26. The predicted octanol–water partition coefficient (Wildman–Crippen LogP) is 2.62. The maximum absolute atomic E-state index is 4.98. The van der Waals surface area contributed by atoms with Gasteiger partial charge in [0.15, 0.2) is 0 Å². The second-order valence-electron chi connectivity index (χ2n) is 4.75. The minimum absolute atomic E-state index is 0.272. The molecule has 72 valence electrons. The first-order valence-corrected chi connectivity index (χ1v) is 4.77. The molecule has 0 saturated carbocycles. The van der Waals surface area contributed by atoms with Gasteiger partial charge in [0.2, 0.25) is 0 Å². The first-order chi connectivity index (χ1) is 6.09. The summed E-state index contributed by atoms with van der Waals surface area (Å²) in [4.78, 5) is 0. The molecule has 0 amide bonds. The van der Waals surface area contributed by atoms with E-state index in [0.29, 0.717) is 5.92 Å². The molecule has 1 N–H and O–H groups in total. The highest BCUT2D eigenvalue weighted by atomic mass is 16.5. The van der Waals surface area contributed by atoms with Crippen LogP contribution in [-0.2, 0) is 0 Å². The van der Waals surface area contributed by atoms with Crippen molar-refractivity contribution in [1.29, 1.82) is 0 Å². The Hall–Kier alpha value is -0.990. The van der Waals surface area contributed by atoms with Crippen molar-refractivity contribution in [1.82, 2.24) is 5.16 Å². The van der Waals surface area contributed by atoms with Crippen LogP contribution in [0.25, 0.3) is 0 Å². The molecular weight excluding hydrogens is 164 g/mol. The van der Waals surface area contributed by atoms with E-state index in [1.54, 1.807) is 6.26 Å². The molecule has 0 fully saturated rings. The molecule has 1 unspecified atom stereocenters. The molecule has 1 aliphatic heterocycles. The van der Waals surface area contributed by atoms with Crippen molar-refractivity contribution in [3.63, 3.8) is 0 Å². The lowest BCUT2D eigenvalue weighted by Gasteiger charge is -2.32. The monoisotopic (exact) mass is 180 g/mol. The number of nitrogens with zero attached hydrogens (tertiary/aromatic N) is 1. The molecule has 1 aromatic heterocycles. The molecule has 0 aliphatic carbocycles. The molecule has 0 aromatic carbocycles. The number of anilines is 1. The molecular formula is C10H16N2O. The number of fused-ring (bicyclic) bond motifs is 1. The molecule has 2 heterocycles. The molecule has 0 saturated heterocycles. The predicted molar refractivity (Wildman–Crippen MR) is 51.8 cm³/mol. The number of hydrogen-bond acceptors (Lipinski definition) is 3. The van der Waals surface area contributed by atoms with E-state index in [1.165, 1.54) is 0 Å². The van der Waals surface area contributed by atoms with Crippen LogP contribution in [0.2, 0.25) is 0 Å². The zero-order valence-electron chi connectivity index (χ0n) is 8.42. The summed E-state index contributed by atoms with van der Waals surface area (Å²) in [6, 6.07) is 0. The van der Waals surface area contributed by atoms with Gasteiger partial charge in [0.05, 0.1) is 5.69 Å². The first kappa shape index (κ1) is 8.60. The lowest BCUT2D eigenvalue weighted by atomic mass is 9.75. The minimum atomic E-state index is 0.272. The van der Waals surface area contributed by atoms with Crippen LogP contribution in [0.3, 0.4) is 0 Å². The van der Waals surface area contributed by atoms with E-state index < -0.39 is 0 Å². The van der Waals surface area contributed by atoms with Gasteiger partial charge in [0.1, 0.15) is 12.0 Å². The van der Waals surface area contributed by atoms with Gasteiger partial charge < -0.3 is 9.84 Å². The van der Waals surface area contributed by atoms with Gasteiger partial charge in [-0.25, -0.2) is 0 Å². The van der Waals surface area contributed by atoms with Gasteiger partial charge in [-0.3, -0.25) is 0 Å². The lowest BCUT2D eigenvalue weighted by molar-refractivity contribution is 0.288. The summed E-state index contributed by atoms with van der Waals surface area (Å²) in [7, 11) is 0. The van der Waals surface area contributed by atoms with Crippen LogP contribution in [0.4, 0.5) is 5.69 Å². The van der Waals surface area contributed by atoms with Gasteiger partial charge in [-0.05, 0) is 11.8 Å². The first-order valence-electron chi connectivity index (χ1n) is 4.77. The summed E-state index contributed by atoms with van der Waals surface area (Å²) in [5.41, 5.74) is 2.44. The minimum Gasteiger partial charge on any atom is -0.381 e. The Morgan fingerprint density at radius 3 is 3.00 bits per heavy atom. The third-order valence-corrected chi connectivity index (χ3v) is 2.72. The van der Waals surface area contributed by atoms with Crippen LogP contribution < -0.4 is 5.32 Å². The molecule has 0 spiro atoms. The van der Waals surface area contributed by atoms with Crippen molar-refractivity contribution in [3.05, 3.63) is 12.0 Å². The summed E-state index contributed by atoms with van der Waals surface area (Å²) in [5.74, 6) is 0.516. The van der Waals surface area contributed by atoms with Crippen LogP contribution in [-0.4, -0.2) is 11.7 Å². The van der Waals surface area contributed by atoms with E-state index in [0.717, 1.165) is 24.3 Å². The molecule has 3 heteroatoms. The third kappa shape index (κ3) is 1.43. The van der Waals surface area contributed by atoms with Gasteiger partial charge in [-0.2, -0.15) is 0 Å². The smallest absolute Gasteiger partial charge is 0.147 e. The molecule has 13 heavy (non-hydrogen) atoms. The van der Waals surface area contributed by atoms with Crippen LogP contribution in [0, 0.1) is 5.41 Å². The van der Waals surface area contributed by atoms with Crippen LogP contribution in [0.1, 0.15) is 38.8 Å². The molecule has 3 nitrogen and oxygen atoms in total. The van der Waals surface area contributed by atoms with Gasteiger partial charge in [0.25, 0.3) is 0 Å². The van der Waals surface area contributed by atoms with E-state index in [4.69, 9.17) is 4.52 Å². The quantitative estimate of drug-likeness (QED) is 0.667. The average Bonchev–Trinajstić information content (AvgIpc) is 2.48. The highest BCUT2D eigenvalue weighted by Crippen LogP contribution is 2.42. The fraction of sp³-hybridized carbons (Fsp3) is 0.700. The fourth-order valence-electron chi connectivity index (χ4n) is 1.96. The Morgan fingerprint density at radius 2 is 2.31 bits per heavy atom. The average molecular weight is 180 g/mol. The summed E-state index contributed by atoms with van der Waals surface area (Å²) in [5, 5.41) is 7.36. The maximum Gasteiger partial charge on any atom is 0.147 e. The van der Waals surface area contributed by atoms with E-state index in [9.17, 15) is 0 Å². The van der Waals surface area contributed by atoms with Crippen molar-refractivity contribution in [2.45, 2.75) is 33.1 Å². The van der Waals surface area contributed by atoms with Crippen molar-refractivity contribution in [3.8, 4) is 0 Å². The van der Waals surface area contributed by atoms with E-state index in [2.05, 4.69) is 31.2 Å². The number of rotatable bonds is 0. The zero-order chi connectivity index (χ0) is 9.47. The standard InChI is InChI=1S/C10H16N2O/c1-10(2,3)7-4-5-11-8-6-13-12-9(7)8/h6-7,11H,4-5H2,1-3H3. The number of aromatic nitrogens is 1. The molecule has 1 aromatic rings. The van der Waals surface area contributed by atoms with Gasteiger partial charge in [-0.1, -0.05) is 25.9 Å². The van der Waals surface area contributed by atoms with Crippen molar-refractivity contribution in [2.24, 2.45) is 5.41 Å². The van der Waals surface area contributed by atoms with Crippen molar-refractivity contribution in [2.75, 3.05) is 11.9 Å². The fourth-order valence-corrected chi connectivity index (χ4v) is 1.96. The van der Waals surface area contributed by atoms with Crippen molar-refractivity contribution >= 4 is 5.69 Å². The summed E-state index contributed by atoms with van der Waals surface area (Å²) in [6.45, 7) is 7.78. The van der Waals surface area contributed by atoms with Crippen molar-refractivity contribution < 1.29 is 4.52 Å². The topological polar surface area (TPSA) is 38.1 Å². The molecule has 0 bridgehead atoms. The number of nitrogens with one attached hydrogen (secondary N) is 1. The van der Waals surface area contributed by atoms with Gasteiger partial charge in [-0.15, -0.1) is 0 Å². The molecule has 1 aliphatic rings. The Morgan fingerprint density at radius 1 is 1.54 bits per heavy atom. The van der Waals surface area contributed by atoms with Crippen LogP contribution in [0.5, 0.6) is 0 Å². The zero-order valence-corrected chi connectivity index (χ0v) is 8.42. The third-order valence-electron chi connectivity index (χ3n) is 2.72. The highest BCUT2D eigenvalue weighted by Gasteiger charge is 2.32. The summed E-state index contributed by atoms with van der Waals surface area (Å²) in [6.07, 6.45) is 2.84. The Balaban J connectivity index is 2.35. The highest BCUT2D eigenvalue weighted by molar-refractivity contribution is 5.49. The Bertz CT molecular complexity index is 298. The summed E-state index contributed by atoms with van der Waals surface area (Å²) >= 11 is 0. The largest absolute Gasteiger partial charge is 0.381 e.